The molecular formula is C16H27N3O2. The fraction of sp³-hybridized carbons (Fsp3) is 0.625. The summed E-state index contributed by atoms with van der Waals surface area (Å²) < 4.78 is 5.61. The molecule has 0 aliphatic carbocycles. The molecule has 0 spiro atoms. The van der Waals surface area contributed by atoms with E-state index in [4.69, 9.17) is 4.74 Å². The van der Waals surface area contributed by atoms with Gasteiger partial charge in [-0.2, -0.15) is 0 Å². The lowest BCUT2D eigenvalue weighted by Gasteiger charge is -2.23. The van der Waals surface area contributed by atoms with E-state index in [9.17, 15) is 4.79 Å². The van der Waals surface area contributed by atoms with Crippen LogP contribution in [-0.2, 0) is 11.3 Å². The second kappa shape index (κ2) is 7.98. The van der Waals surface area contributed by atoms with E-state index in [2.05, 4.69) is 22.5 Å². The Balaban J connectivity index is 2.49. The number of carbonyl (C=O) groups excluding carboxylic acids is 1. The van der Waals surface area contributed by atoms with Crippen LogP contribution in [-0.4, -0.2) is 29.1 Å². The van der Waals surface area contributed by atoms with Gasteiger partial charge in [0.05, 0.1) is 11.9 Å². The second-order valence-corrected chi connectivity index (χ2v) is 6.16. The molecule has 0 radical (unpaired) electrons. The lowest BCUT2D eigenvalue weighted by Crippen LogP contribution is -2.46. The quantitative estimate of drug-likeness (QED) is 0.757. The van der Waals surface area contributed by atoms with Crippen LogP contribution in [0.1, 0.15) is 46.7 Å². The maximum Gasteiger partial charge on any atom is 0.261 e. The van der Waals surface area contributed by atoms with Gasteiger partial charge in [-0.15, -0.1) is 0 Å². The standard InChI is InChI=1S/C16H27N3O2/c1-6-9-17-10-13-7-8-14(11-18-13)21-12(2)15(20)19-16(3,4)5/h7-8,11-12,17H,6,9-10H2,1-5H3,(H,19,20). The molecule has 5 heteroatoms. The van der Waals surface area contributed by atoms with Crippen LogP contribution in [0.4, 0.5) is 0 Å². The number of hydrogen-bond donors (Lipinski definition) is 2. The summed E-state index contributed by atoms with van der Waals surface area (Å²) in [6.45, 7) is 11.4. The van der Waals surface area contributed by atoms with Crippen molar-refractivity contribution < 1.29 is 9.53 Å². The monoisotopic (exact) mass is 293 g/mol. The first kappa shape index (κ1) is 17.4. The highest BCUT2D eigenvalue weighted by atomic mass is 16.5. The Morgan fingerprint density at radius 3 is 2.62 bits per heavy atom. The SMILES string of the molecule is CCCNCc1ccc(OC(C)C(=O)NC(C)(C)C)cn1. The molecule has 2 N–H and O–H groups in total. The zero-order valence-corrected chi connectivity index (χ0v) is 13.7. The van der Waals surface area contributed by atoms with Gasteiger partial charge in [-0.05, 0) is 52.8 Å². The number of rotatable bonds is 7. The number of ether oxygens (including phenoxy) is 1. The molecule has 0 saturated heterocycles. The Labute approximate surface area is 127 Å². The Morgan fingerprint density at radius 1 is 1.38 bits per heavy atom. The van der Waals surface area contributed by atoms with E-state index in [0.717, 1.165) is 25.2 Å². The zero-order valence-electron chi connectivity index (χ0n) is 13.7. The number of nitrogens with one attached hydrogen (secondary N) is 2. The molecule has 1 unspecified atom stereocenters. The maximum atomic E-state index is 11.9. The number of hydrogen-bond acceptors (Lipinski definition) is 4. The van der Waals surface area contributed by atoms with Gasteiger partial charge in [0.15, 0.2) is 6.10 Å². The molecule has 0 aliphatic heterocycles. The third-order valence-electron chi connectivity index (χ3n) is 2.71. The van der Waals surface area contributed by atoms with Crippen molar-refractivity contribution in [2.45, 2.75) is 59.2 Å². The van der Waals surface area contributed by atoms with Crippen molar-refractivity contribution in [3.05, 3.63) is 24.0 Å². The molecule has 1 atom stereocenters. The lowest BCUT2D eigenvalue weighted by molar-refractivity contribution is -0.128. The molecule has 5 nitrogen and oxygen atoms in total. The number of carbonyl (C=O) groups is 1. The Hall–Kier alpha value is -1.62. The maximum absolute atomic E-state index is 11.9. The predicted molar refractivity (Wildman–Crippen MR) is 84.2 cm³/mol. The molecule has 1 aromatic heterocycles. The van der Waals surface area contributed by atoms with Gasteiger partial charge in [0.1, 0.15) is 5.75 Å². The van der Waals surface area contributed by atoms with Crippen LogP contribution in [0.25, 0.3) is 0 Å². The predicted octanol–water partition coefficient (Wildman–Crippen LogP) is 2.26. The molecular weight excluding hydrogens is 266 g/mol. The van der Waals surface area contributed by atoms with Crippen molar-refractivity contribution in [1.82, 2.24) is 15.6 Å². The minimum Gasteiger partial charge on any atom is -0.479 e. The van der Waals surface area contributed by atoms with Gasteiger partial charge < -0.3 is 15.4 Å². The number of nitrogens with zero attached hydrogens (tertiary/aromatic N) is 1. The smallest absolute Gasteiger partial charge is 0.261 e. The van der Waals surface area contributed by atoms with E-state index in [1.807, 2.05) is 32.9 Å². The number of pyridine rings is 1. The average Bonchev–Trinajstić information content (AvgIpc) is 2.39. The van der Waals surface area contributed by atoms with Crippen LogP contribution >= 0.6 is 0 Å². The van der Waals surface area contributed by atoms with Crippen LogP contribution in [0.5, 0.6) is 5.75 Å². The highest BCUT2D eigenvalue weighted by Crippen LogP contribution is 2.12. The molecule has 1 amide bonds. The summed E-state index contributed by atoms with van der Waals surface area (Å²) in [6, 6.07) is 3.75. The molecule has 0 aliphatic rings. The van der Waals surface area contributed by atoms with Gasteiger partial charge >= 0.3 is 0 Å². The summed E-state index contributed by atoms with van der Waals surface area (Å²) in [5, 5.41) is 6.18. The lowest BCUT2D eigenvalue weighted by atomic mass is 10.1. The third kappa shape index (κ3) is 7.09. The fourth-order valence-electron chi connectivity index (χ4n) is 1.71. The average molecular weight is 293 g/mol. The summed E-state index contributed by atoms with van der Waals surface area (Å²) in [5.74, 6) is 0.474. The molecule has 0 bridgehead atoms. The zero-order chi connectivity index (χ0) is 15.9. The topological polar surface area (TPSA) is 63.2 Å². The van der Waals surface area contributed by atoms with E-state index < -0.39 is 6.10 Å². The summed E-state index contributed by atoms with van der Waals surface area (Å²) in [7, 11) is 0. The Morgan fingerprint density at radius 2 is 2.10 bits per heavy atom. The van der Waals surface area contributed by atoms with Crippen molar-refractivity contribution in [3.63, 3.8) is 0 Å². The van der Waals surface area contributed by atoms with Crippen molar-refractivity contribution in [3.8, 4) is 5.75 Å². The van der Waals surface area contributed by atoms with E-state index in [-0.39, 0.29) is 11.4 Å². The van der Waals surface area contributed by atoms with Gasteiger partial charge in [0.25, 0.3) is 5.91 Å². The summed E-state index contributed by atoms with van der Waals surface area (Å²) >= 11 is 0. The minimum atomic E-state index is -0.546. The summed E-state index contributed by atoms with van der Waals surface area (Å²) in [6.07, 6.45) is 2.21. The molecule has 0 aromatic carbocycles. The Kier molecular flexibility index (Phi) is 6.62. The first-order valence-electron chi connectivity index (χ1n) is 7.46. The van der Waals surface area contributed by atoms with Gasteiger partial charge in [0.2, 0.25) is 0 Å². The minimum absolute atomic E-state index is 0.129. The van der Waals surface area contributed by atoms with Gasteiger partial charge in [0, 0.05) is 12.1 Å². The second-order valence-electron chi connectivity index (χ2n) is 6.16. The van der Waals surface area contributed by atoms with E-state index in [1.165, 1.54) is 0 Å². The fourth-order valence-corrected chi connectivity index (χ4v) is 1.71. The van der Waals surface area contributed by atoms with Crippen molar-refractivity contribution >= 4 is 5.91 Å². The molecule has 0 saturated carbocycles. The highest BCUT2D eigenvalue weighted by Gasteiger charge is 2.20. The highest BCUT2D eigenvalue weighted by molar-refractivity contribution is 5.81. The molecule has 21 heavy (non-hydrogen) atoms. The van der Waals surface area contributed by atoms with Crippen molar-refractivity contribution in [2.75, 3.05) is 6.54 Å². The first-order chi connectivity index (χ1) is 9.81. The van der Waals surface area contributed by atoms with Crippen LogP contribution < -0.4 is 15.4 Å². The van der Waals surface area contributed by atoms with Gasteiger partial charge in [-0.1, -0.05) is 6.92 Å². The van der Waals surface area contributed by atoms with E-state index in [0.29, 0.717) is 5.75 Å². The van der Waals surface area contributed by atoms with E-state index >= 15 is 0 Å². The molecule has 1 rings (SSSR count). The van der Waals surface area contributed by atoms with Crippen LogP contribution in [0, 0.1) is 0 Å². The number of aromatic nitrogens is 1. The molecule has 1 aromatic rings. The van der Waals surface area contributed by atoms with Crippen molar-refractivity contribution in [2.24, 2.45) is 0 Å². The van der Waals surface area contributed by atoms with E-state index in [1.54, 1.807) is 13.1 Å². The third-order valence-corrected chi connectivity index (χ3v) is 2.71. The molecule has 118 valence electrons. The largest absolute Gasteiger partial charge is 0.479 e. The van der Waals surface area contributed by atoms with Gasteiger partial charge in [-0.25, -0.2) is 0 Å². The number of amides is 1. The van der Waals surface area contributed by atoms with Crippen LogP contribution in [0.2, 0.25) is 0 Å². The van der Waals surface area contributed by atoms with Crippen molar-refractivity contribution in [1.29, 1.82) is 0 Å². The normalized spacial score (nSPS) is 12.8. The van der Waals surface area contributed by atoms with Gasteiger partial charge in [-0.3, -0.25) is 9.78 Å². The summed E-state index contributed by atoms with van der Waals surface area (Å²) in [4.78, 5) is 16.3. The molecule has 1 heterocycles. The first-order valence-corrected chi connectivity index (χ1v) is 7.46. The summed E-state index contributed by atoms with van der Waals surface area (Å²) in [5.41, 5.74) is 0.699. The molecule has 0 fully saturated rings. The Bertz CT molecular complexity index is 438. The van der Waals surface area contributed by atoms with Crippen LogP contribution in [0.15, 0.2) is 18.3 Å². The van der Waals surface area contributed by atoms with Crippen LogP contribution in [0.3, 0.4) is 0 Å².